The maximum atomic E-state index is 9.67. The Labute approximate surface area is 80.9 Å². The number of hydrogen-bond acceptors (Lipinski definition) is 3. The van der Waals surface area contributed by atoms with Crippen LogP contribution in [-0.2, 0) is 0 Å². The minimum Gasteiger partial charge on any atom is -0.392 e. The molecule has 78 valence electrons. The summed E-state index contributed by atoms with van der Waals surface area (Å²) < 4.78 is 0. The quantitative estimate of drug-likeness (QED) is 0.593. The fourth-order valence-corrected chi connectivity index (χ4v) is 1.51. The zero-order valence-electron chi connectivity index (χ0n) is 8.93. The summed E-state index contributed by atoms with van der Waals surface area (Å²) in [6.07, 6.45) is 0.653. The molecule has 1 saturated heterocycles. The van der Waals surface area contributed by atoms with Crippen molar-refractivity contribution in [3.63, 3.8) is 0 Å². The molecule has 1 aliphatic rings. The molecule has 1 unspecified atom stereocenters. The maximum Gasteiger partial charge on any atom is 0.0669 e. The Hall–Kier alpha value is -0.120. The van der Waals surface area contributed by atoms with Crippen LogP contribution in [0.1, 0.15) is 27.2 Å². The van der Waals surface area contributed by atoms with E-state index in [9.17, 15) is 5.11 Å². The van der Waals surface area contributed by atoms with Gasteiger partial charge in [0.2, 0.25) is 0 Å². The summed E-state index contributed by atoms with van der Waals surface area (Å²) in [5.74, 6) is 0. The van der Waals surface area contributed by atoms with Crippen LogP contribution in [-0.4, -0.2) is 36.9 Å². The van der Waals surface area contributed by atoms with E-state index in [0.29, 0.717) is 6.04 Å². The molecular weight excluding hydrogens is 164 g/mol. The lowest BCUT2D eigenvalue weighted by atomic mass is 9.89. The highest BCUT2D eigenvalue weighted by Gasteiger charge is 2.20. The minimum atomic E-state index is -0.208. The van der Waals surface area contributed by atoms with E-state index in [1.807, 2.05) is 0 Å². The average molecular weight is 186 g/mol. The van der Waals surface area contributed by atoms with E-state index in [4.69, 9.17) is 0 Å². The second kappa shape index (κ2) is 4.40. The number of rotatable bonds is 4. The number of aliphatic hydroxyl groups is 1. The Morgan fingerprint density at radius 1 is 1.46 bits per heavy atom. The van der Waals surface area contributed by atoms with Gasteiger partial charge in [-0.3, -0.25) is 0 Å². The van der Waals surface area contributed by atoms with Gasteiger partial charge >= 0.3 is 0 Å². The van der Waals surface area contributed by atoms with Crippen LogP contribution in [0.15, 0.2) is 0 Å². The highest BCUT2D eigenvalue weighted by atomic mass is 16.3. The standard InChI is InChI=1S/C10H22N2O/c1-10(2,3)4-9(13)7-12-8-5-11-6-8/h8-9,11-13H,4-7H2,1-3H3. The van der Waals surface area contributed by atoms with E-state index < -0.39 is 0 Å². The molecule has 0 bridgehead atoms. The predicted octanol–water partition coefficient (Wildman–Crippen LogP) is 0.345. The molecule has 1 rings (SSSR count). The molecule has 0 aromatic heterocycles. The molecule has 0 aromatic carbocycles. The summed E-state index contributed by atoms with van der Waals surface area (Å²) in [5.41, 5.74) is 0.221. The summed E-state index contributed by atoms with van der Waals surface area (Å²) in [4.78, 5) is 0. The summed E-state index contributed by atoms with van der Waals surface area (Å²) in [5, 5.41) is 16.2. The maximum absolute atomic E-state index is 9.67. The van der Waals surface area contributed by atoms with Crippen LogP contribution in [0.2, 0.25) is 0 Å². The van der Waals surface area contributed by atoms with Gasteiger partial charge in [0, 0.05) is 25.7 Å². The van der Waals surface area contributed by atoms with Crippen molar-refractivity contribution < 1.29 is 5.11 Å². The fourth-order valence-electron chi connectivity index (χ4n) is 1.51. The first kappa shape index (κ1) is 11.0. The third kappa shape index (κ3) is 4.60. The fraction of sp³-hybridized carbons (Fsp3) is 1.00. The van der Waals surface area contributed by atoms with Gasteiger partial charge in [-0.2, -0.15) is 0 Å². The van der Waals surface area contributed by atoms with Crippen molar-refractivity contribution in [3.8, 4) is 0 Å². The zero-order chi connectivity index (χ0) is 9.90. The highest BCUT2D eigenvalue weighted by Crippen LogP contribution is 2.20. The lowest BCUT2D eigenvalue weighted by Crippen LogP contribution is -2.56. The van der Waals surface area contributed by atoms with Crippen LogP contribution in [0.3, 0.4) is 0 Å². The SMILES string of the molecule is CC(C)(C)CC(O)CNC1CNC1. The second-order valence-electron chi connectivity index (χ2n) is 5.18. The van der Waals surface area contributed by atoms with Crippen LogP contribution < -0.4 is 10.6 Å². The highest BCUT2D eigenvalue weighted by molar-refractivity contribution is 4.82. The topological polar surface area (TPSA) is 44.3 Å². The van der Waals surface area contributed by atoms with E-state index in [-0.39, 0.29) is 11.5 Å². The van der Waals surface area contributed by atoms with Crippen LogP contribution >= 0.6 is 0 Å². The minimum absolute atomic E-state index is 0.208. The normalized spacial score (nSPS) is 21.2. The predicted molar refractivity (Wildman–Crippen MR) is 54.7 cm³/mol. The van der Waals surface area contributed by atoms with Crippen molar-refractivity contribution in [1.29, 1.82) is 0 Å². The van der Waals surface area contributed by atoms with Crippen molar-refractivity contribution in [1.82, 2.24) is 10.6 Å². The Bertz CT molecular complexity index is 149. The Morgan fingerprint density at radius 2 is 2.08 bits per heavy atom. The van der Waals surface area contributed by atoms with Crippen molar-refractivity contribution in [3.05, 3.63) is 0 Å². The van der Waals surface area contributed by atoms with Gasteiger partial charge in [0.25, 0.3) is 0 Å². The van der Waals surface area contributed by atoms with Gasteiger partial charge in [-0.05, 0) is 11.8 Å². The van der Waals surface area contributed by atoms with E-state index >= 15 is 0 Å². The number of aliphatic hydroxyl groups excluding tert-OH is 1. The molecular formula is C10H22N2O. The number of hydrogen-bond donors (Lipinski definition) is 3. The summed E-state index contributed by atoms with van der Waals surface area (Å²) in [7, 11) is 0. The Morgan fingerprint density at radius 3 is 2.46 bits per heavy atom. The van der Waals surface area contributed by atoms with Crippen molar-refractivity contribution in [2.75, 3.05) is 19.6 Å². The molecule has 3 nitrogen and oxygen atoms in total. The molecule has 3 heteroatoms. The molecule has 0 radical (unpaired) electrons. The monoisotopic (exact) mass is 186 g/mol. The van der Waals surface area contributed by atoms with Gasteiger partial charge in [-0.1, -0.05) is 20.8 Å². The first-order valence-corrected chi connectivity index (χ1v) is 5.09. The average Bonchev–Trinajstić information content (AvgIpc) is 1.78. The third-order valence-corrected chi connectivity index (χ3v) is 2.27. The zero-order valence-corrected chi connectivity index (χ0v) is 8.93. The Balaban J connectivity index is 2.06. The molecule has 13 heavy (non-hydrogen) atoms. The lowest BCUT2D eigenvalue weighted by Gasteiger charge is -2.30. The largest absolute Gasteiger partial charge is 0.392 e. The van der Waals surface area contributed by atoms with E-state index in [1.54, 1.807) is 0 Å². The van der Waals surface area contributed by atoms with Crippen molar-refractivity contribution in [2.24, 2.45) is 5.41 Å². The molecule has 1 atom stereocenters. The second-order valence-corrected chi connectivity index (χ2v) is 5.18. The molecule has 3 N–H and O–H groups in total. The Kier molecular flexibility index (Phi) is 3.71. The van der Waals surface area contributed by atoms with Gasteiger partial charge in [0.1, 0.15) is 0 Å². The van der Waals surface area contributed by atoms with Crippen molar-refractivity contribution >= 4 is 0 Å². The molecule has 0 saturated carbocycles. The van der Waals surface area contributed by atoms with E-state index in [1.165, 1.54) is 0 Å². The van der Waals surface area contributed by atoms with Gasteiger partial charge in [-0.15, -0.1) is 0 Å². The van der Waals surface area contributed by atoms with Crippen LogP contribution in [0.4, 0.5) is 0 Å². The molecule has 1 heterocycles. The van der Waals surface area contributed by atoms with Crippen molar-refractivity contribution in [2.45, 2.75) is 39.3 Å². The number of nitrogens with one attached hydrogen (secondary N) is 2. The van der Waals surface area contributed by atoms with Gasteiger partial charge in [-0.25, -0.2) is 0 Å². The molecule has 1 fully saturated rings. The summed E-state index contributed by atoms with van der Waals surface area (Å²) >= 11 is 0. The molecule has 0 amide bonds. The van der Waals surface area contributed by atoms with Gasteiger partial charge in [0.15, 0.2) is 0 Å². The first-order valence-electron chi connectivity index (χ1n) is 5.09. The lowest BCUT2D eigenvalue weighted by molar-refractivity contribution is 0.113. The van der Waals surface area contributed by atoms with Gasteiger partial charge < -0.3 is 15.7 Å². The van der Waals surface area contributed by atoms with Crippen LogP contribution in [0, 0.1) is 5.41 Å². The van der Waals surface area contributed by atoms with Gasteiger partial charge in [0.05, 0.1) is 6.10 Å². The molecule has 0 aliphatic carbocycles. The first-order chi connectivity index (χ1) is 5.97. The molecule has 0 spiro atoms. The van der Waals surface area contributed by atoms with Crippen LogP contribution in [0.5, 0.6) is 0 Å². The van der Waals surface area contributed by atoms with Crippen LogP contribution in [0.25, 0.3) is 0 Å². The van der Waals surface area contributed by atoms with E-state index in [0.717, 1.165) is 26.1 Å². The van der Waals surface area contributed by atoms with E-state index in [2.05, 4.69) is 31.4 Å². The smallest absolute Gasteiger partial charge is 0.0669 e. The molecule has 1 aliphatic heterocycles. The summed E-state index contributed by atoms with van der Waals surface area (Å²) in [6, 6.07) is 0.578. The summed E-state index contributed by atoms with van der Waals surface area (Å²) in [6.45, 7) is 9.28. The molecule has 0 aromatic rings. The third-order valence-electron chi connectivity index (χ3n) is 2.27.